The van der Waals surface area contributed by atoms with E-state index in [0.717, 1.165) is 5.56 Å². The second kappa shape index (κ2) is 5.20. The van der Waals surface area contributed by atoms with Crippen LogP contribution in [-0.2, 0) is 0 Å². The minimum Gasteiger partial charge on any atom is -0.478 e. The van der Waals surface area contributed by atoms with Gasteiger partial charge < -0.3 is 16.2 Å². The molecule has 0 saturated heterocycles. The summed E-state index contributed by atoms with van der Waals surface area (Å²) in [5.41, 5.74) is 8.71. The summed E-state index contributed by atoms with van der Waals surface area (Å²) in [6, 6.07) is 10.0. The lowest BCUT2D eigenvalue weighted by Gasteiger charge is -2.12. The molecule has 2 rings (SSSR count). The molecule has 0 unspecified atom stereocenters. The minimum atomic E-state index is -1.00. The lowest BCUT2D eigenvalue weighted by Crippen LogP contribution is -2.01. The van der Waals surface area contributed by atoms with Crippen LogP contribution in [0, 0.1) is 6.92 Å². The lowest BCUT2D eigenvalue weighted by atomic mass is 10.1. The molecule has 19 heavy (non-hydrogen) atoms. The summed E-state index contributed by atoms with van der Waals surface area (Å²) in [7, 11) is 0. The number of aryl methyl sites for hydroxylation is 1. The molecule has 2 aromatic rings. The van der Waals surface area contributed by atoms with E-state index in [4.69, 9.17) is 22.4 Å². The molecule has 0 aliphatic carbocycles. The number of halogens is 1. The predicted molar refractivity (Wildman–Crippen MR) is 77.3 cm³/mol. The number of anilines is 3. The standard InChI is InChI=1S/C14H13ClN2O2/c1-8-2-4-10(15)12(6-8)17-13-7-9(14(18)19)3-5-11(13)16/h2-7,17H,16H2,1H3,(H,18,19). The molecule has 0 fully saturated rings. The first-order chi connectivity index (χ1) is 8.97. The minimum absolute atomic E-state index is 0.167. The Morgan fingerprint density at radius 1 is 1.21 bits per heavy atom. The second-order valence-electron chi connectivity index (χ2n) is 4.22. The van der Waals surface area contributed by atoms with Gasteiger partial charge in [-0.3, -0.25) is 0 Å². The van der Waals surface area contributed by atoms with E-state index in [1.165, 1.54) is 12.1 Å². The van der Waals surface area contributed by atoms with Gasteiger partial charge >= 0.3 is 5.97 Å². The van der Waals surface area contributed by atoms with Crippen molar-refractivity contribution in [3.8, 4) is 0 Å². The highest BCUT2D eigenvalue weighted by Gasteiger charge is 2.08. The highest BCUT2D eigenvalue weighted by atomic mass is 35.5. The molecular weight excluding hydrogens is 264 g/mol. The van der Waals surface area contributed by atoms with Crippen LogP contribution in [0.3, 0.4) is 0 Å². The third-order valence-corrected chi connectivity index (χ3v) is 3.02. The molecule has 0 saturated carbocycles. The van der Waals surface area contributed by atoms with E-state index in [1.54, 1.807) is 12.1 Å². The van der Waals surface area contributed by atoms with E-state index < -0.39 is 5.97 Å². The molecule has 0 amide bonds. The smallest absolute Gasteiger partial charge is 0.335 e. The van der Waals surface area contributed by atoms with E-state index in [0.29, 0.717) is 22.1 Å². The van der Waals surface area contributed by atoms with Crippen molar-refractivity contribution in [3.63, 3.8) is 0 Å². The summed E-state index contributed by atoms with van der Waals surface area (Å²) >= 11 is 6.08. The topological polar surface area (TPSA) is 75.3 Å². The largest absolute Gasteiger partial charge is 0.478 e. The average Bonchev–Trinajstić information content (AvgIpc) is 2.36. The quantitative estimate of drug-likeness (QED) is 0.748. The van der Waals surface area contributed by atoms with Crippen molar-refractivity contribution < 1.29 is 9.90 Å². The Bertz CT molecular complexity index is 641. The first kappa shape index (κ1) is 13.2. The Morgan fingerprint density at radius 2 is 1.95 bits per heavy atom. The molecule has 5 heteroatoms. The van der Waals surface area contributed by atoms with Gasteiger partial charge in [-0.05, 0) is 42.8 Å². The first-order valence-corrected chi connectivity index (χ1v) is 6.01. The van der Waals surface area contributed by atoms with Crippen LogP contribution < -0.4 is 11.1 Å². The van der Waals surface area contributed by atoms with Gasteiger partial charge in [0.05, 0.1) is 27.6 Å². The number of benzene rings is 2. The number of nitrogen functional groups attached to an aromatic ring is 1. The van der Waals surface area contributed by atoms with Crippen LogP contribution in [0.4, 0.5) is 17.1 Å². The monoisotopic (exact) mass is 276 g/mol. The molecule has 0 aliphatic rings. The van der Waals surface area contributed by atoms with E-state index in [-0.39, 0.29) is 5.56 Å². The summed E-state index contributed by atoms with van der Waals surface area (Å²) in [6.07, 6.45) is 0. The third kappa shape index (κ3) is 2.98. The Balaban J connectivity index is 2.40. The molecule has 4 nitrogen and oxygen atoms in total. The summed E-state index contributed by atoms with van der Waals surface area (Å²) in [5, 5.41) is 12.6. The number of hydrogen-bond donors (Lipinski definition) is 3. The van der Waals surface area contributed by atoms with Crippen LogP contribution in [0.2, 0.25) is 5.02 Å². The Labute approximate surface area is 115 Å². The lowest BCUT2D eigenvalue weighted by molar-refractivity contribution is 0.0697. The maximum Gasteiger partial charge on any atom is 0.335 e. The number of nitrogens with two attached hydrogens (primary N) is 1. The summed E-state index contributed by atoms with van der Waals surface area (Å²) in [4.78, 5) is 10.9. The fraction of sp³-hybridized carbons (Fsp3) is 0.0714. The third-order valence-electron chi connectivity index (χ3n) is 2.69. The van der Waals surface area contributed by atoms with Gasteiger partial charge in [0, 0.05) is 0 Å². The zero-order valence-corrected chi connectivity index (χ0v) is 11.0. The highest BCUT2D eigenvalue weighted by Crippen LogP contribution is 2.29. The van der Waals surface area contributed by atoms with E-state index in [1.807, 2.05) is 19.1 Å². The van der Waals surface area contributed by atoms with Crippen molar-refractivity contribution in [3.05, 3.63) is 52.5 Å². The number of carboxylic acids is 1. The number of nitrogens with one attached hydrogen (secondary N) is 1. The number of hydrogen-bond acceptors (Lipinski definition) is 3. The van der Waals surface area contributed by atoms with Crippen LogP contribution >= 0.6 is 11.6 Å². The molecule has 4 N–H and O–H groups in total. The first-order valence-electron chi connectivity index (χ1n) is 5.63. The number of carbonyl (C=O) groups is 1. The fourth-order valence-corrected chi connectivity index (χ4v) is 1.84. The molecular formula is C14H13ClN2O2. The maximum atomic E-state index is 10.9. The van der Waals surface area contributed by atoms with Gasteiger partial charge in [-0.15, -0.1) is 0 Å². The maximum absolute atomic E-state index is 10.9. The van der Waals surface area contributed by atoms with Gasteiger partial charge in [-0.1, -0.05) is 17.7 Å². The van der Waals surface area contributed by atoms with Gasteiger partial charge in [-0.25, -0.2) is 4.79 Å². The fourth-order valence-electron chi connectivity index (χ4n) is 1.68. The summed E-state index contributed by atoms with van der Waals surface area (Å²) in [6.45, 7) is 1.94. The van der Waals surface area contributed by atoms with Crippen molar-refractivity contribution in [2.75, 3.05) is 11.1 Å². The highest BCUT2D eigenvalue weighted by molar-refractivity contribution is 6.33. The number of aromatic carboxylic acids is 1. The van der Waals surface area contributed by atoms with Crippen molar-refractivity contribution in [2.45, 2.75) is 6.92 Å². The van der Waals surface area contributed by atoms with Crippen molar-refractivity contribution in [1.82, 2.24) is 0 Å². The molecule has 2 aromatic carbocycles. The van der Waals surface area contributed by atoms with Gasteiger partial charge in [0.1, 0.15) is 0 Å². The van der Waals surface area contributed by atoms with Crippen LogP contribution in [0.15, 0.2) is 36.4 Å². The van der Waals surface area contributed by atoms with Gasteiger partial charge in [-0.2, -0.15) is 0 Å². The van der Waals surface area contributed by atoms with Crippen LogP contribution in [0.5, 0.6) is 0 Å². The second-order valence-corrected chi connectivity index (χ2v) is 4.62. The Kier molecular flexibility index (Phi) is 3.62. The van der Waals surface area contributed by atoms with Crippen molar-refractivity contribution >= 4 is 34.6 Å². The molecule has 0 aliphatic heterocycles. The Hall–Kier alpha value is -2.20. The SMILES string of the molecule is Cc1ccc(Cl)c(Nc2cc(C(=O)O)ccc2N)c1. The zero-order chi connectivity index (χ0) is 14.0. The van der Waals surface area contributed by atoms with Crippen molar-refractivity contribution in [1.29, 1.82) is 0 Å². The van der Waals surface area contributed by atoms with E-state index in [9.17, 15) is 4.79 Å². The molecule has 0 aromatic heterocycles. The van der Waals surface area contributed by atoms with E-state index in [2.05, 4.69) is 5.32 Å². The summed E-state index contributed by atoms with van der Waals surface area (Å²) < 4.78 is 0. The van der Waals surface area contributed by atoms with Crippen LogP contribution in [0.25, 0.3) is 0 Å². The normalized spacial score (nSPS) is 10.2. The predicted octanol–water partition coefficient (Wildman–Crippen LogP) is 3.67. The Morgan fingerprint density at radius 3 is 2.63 bits per heavy atom. The van der Waals surface area contributed by atoms with E-state index >= 15 is 0 Å². The number of rotatable bonds is 3. The van der Waals surface area contributed by atoms with Gasteiger partial charge in [0.25, 0.3) is 0 Å². The molecule has 98 valence electrons. The van der Waals surface area contributed by atoms with Crippen LogP contribution in [-0.4, -0.2) is 11.1 Å². The average molecular weight is 277 g/mol. The van der Waals surface area contributed by atoms with Crippen LogP contribution in [0.1, 0.15) is 15.9 Å². The zero-order valence-electron chi connectivity index (χ0n) is 10.3. The van der Waals surface area contributed by atoms with Gasteiger partial charge in [0.2, 0.25) is 0 Å². The molecule has 0 atom stereocenters. The molecule has 0 bridgehead atoms. The number of carboxylic acid groups (broad SMARTS) is 1. The summed E-state index contributed by atoms with van der Waals surface area (Å²) in [5.74, 6) is -1.00. The van der Waals surface area contributed by atoms with Crippen molar-refractivity contribution in [2.24, 2.45) is 0 Å². The molecule has 0 spiro atoms. The molecule has 0 heterocycles. The van der Waals surface area contributed by atoms with Gasteiger partial charge in [0.15, 0.2) is 0 Å². The molecule has 0 radical (unpaired) electrons.